The highest BCUT2D eigenvalue weighted by Gasteiger charge is 2.09. The highest BCUT2D eigenvalue weighted by atomic mass is 16.4. The van der Waals surface area contributed by atoms with E-state index >= 15 is 0 Å². The van der Waals surface area contributed by atoms with E-state index in [4.69, 9.17) is 4.42 Å². The fraction of sp³-hybridized carbons (Fsp3) is 0.136. The predicted octanol–water partition coefficient (Wildman–Crippen LogP) is 5.18. The van der Waals surface area contributed by atoms with Gasteiger partial charge in [-0.05, 0) is 59.5 Å². The molecular formula is C22H19NO2. The molecule has 0 unspecified atom stereocenters. The number of nitrogens with one attached hydrogen (secondary N) is 1. The maximum atomic E-state index is 12.0. The van der Waals surface area contributed by atoms with E-state index in [0.29, 0.717) is 12.1 Å². The summed E-state index contributed by atoms with van der Waals surface area (Å²) in [4.78, 5) is 12.0. The molecule has 0 saturated carbocycles. The SMILES string of the molecule is Cc1ccc(NCc2cc(=O)oc3ccc4ccccc4c23)cc1C. The third-order valence-electron chi connectivity index (χ3n) is 4.70. The summed E-state index contributed by atoms with van der Waals surface area (Å²) in [5.41, 5.74) is 4.81. The van der Waals surface area contributed by atoms with Gasteiger partial charge in [-0.25, -0.2) is 4.79 Å². The molecule has 0 saturated heterocycles. The van der Waals surface area contributed by atoms with E-state index in [2.05, 4.69) is 49.5 Å². The van der Waals surface area contributed by atoms with Crippen molar-refractivity contribution in [3.05, 3.63) is 87.8 Å². The third kappa shape index (κ3) is 2.89. The highest BCUT2D eigenvalue weighted by Crippen LogP contribution is 2.28. The van der Waals surface area contributed by atoms with Crippen molar-refractivity contribution in [1.82, 2.24) is 0 Å². The molecule has 3 aromatic carbocycles. The minimum Gasteiger partial charge on any atom is -0.423 e. The molecule has 25 heavy (non-hydrogen) atoms. The standard InChI is InChI=1S/C22H19NO2/c1-14-7-9-18(11-15(14)2)23-13-17-12-21(24)25-20-10-8-16-5-3-4-6-19(16)22(17)20/h3-12,23H,13H2,1-2H3. The molecule has 4 aromatic rings. The topological polar surface area (TPSA) is 42.2 Å². The van der Waals surface area contributed by atoms with Gasteiger partial charge < -0.3 is 9.73 Å². The molecule has 0 spiro atoms. The molecule has 0 fully saturated rings. The second-order valence-electron chi connectivity index (χ2n) is 6.40. The van der Waals surface area contributed by atoms with Gasteiger partial charge >= 0.3 is 5.63 Å². The monoisotopic (exact) mass is 329 g/mol. The van der Waals surface area contributed by atoms with Gasteiger partial charge in [-0.3, -0.25) is 0 Å². The van der Waals surface area contributed by atoms with Crippen molar-refractivity contribution in [3.63, 3.8) is 0 Å². The predicted molar refractivity (Wildman–Crippen MR) is 103 cm³/mol. The van der Waals surface area contributed by atoms with Crippen LogP contribution in [0, 0.1) is 13.8 Å². The normalized spacial score (nSPS) is 11.1. The molecule has 3 nitrogen and oxygen atoms in total. The largest absolute Gasteiger partial charge is 0.423 e. The first-order valence-electron chi connectivity index (χ1n) is 8.37. The summed E-state index contributed by atoms with van der Waals surface area (Å²) in [5.74, 6) is 0. The van der Waals surface area contributed by atoms with Gasteiger partial charge in [0.15, 0.2) is 0 Å². The molecule has 0 aliphatic rings. The Morgan fingerprint density at radius 1 is 0.920 bits per heavy atom. The molecule has 1 heterocycles. The van der Waals surface area contributed by atoms with Crippen molar-refractivity contribution in [2.24, 2.45) is 0 Å². The van der Waals surface area contributed by atoms with Crippen LogP contribution in [0.1, 0.15) is 16.7 Å². The summed E-state index contributed by atoms with van der Waals surface area (Å²) in [6, 6.07) is 19.9. The summed E-state index contributed by atoms with van der Waals surface area (Å²) >= 11 is 0. The number of rotatable bonds is 3. The van der Waals surface area contributed by atoms with Crippen molar-refractivity contribution < 1.29 is 4.42 Å². The van der Waals surface area contributed by atoms with Crippen LogP contribution in [0.25, 0.3) is 21.7 Å². The molecule has 0 atom stereocenters. The van der Waals surface area contributed by atoms with Crippen LogP contribution in [0.3, 0.4) is 0 Å². The van der Waals surface area contributed by atoms with Crippen molar-refractivity contribution >= 4 is 27.4 Å². The molecule has 0 aliphatic heterocycles. The smallest absolute Gasteiger partial charge is 0.336 e. The number of aryl methyl sites for hydroxylation is 2. The van der Waals surface area contributed by atoms with Gasteiger partial charge in [-0.15, -0.1) is 0 Å². The van der Waals surface area contributed by atoms with Crippen LogP contribution >= 0.6 is 0 Å². The van der Waals surface area contributed by atoms with Crippen molar-refractivity contribution in [2.75, 3.05) is 5.32 Å². The minimum atomic E-state index is -0.320. The molecular weight excluding hydrogens is 310 g/mol. The van der Waals surface area contributed by atoms with Crippen LogP contribution in [0.15, 0.2) is 69.9 Å². The number of hydrogen-bond acceptors (Lipinski definition) is 3. The first kappa shape index (κ1) is 15.5. The average Bonchev–Trinajstić information content (AvgIpc) is 2.62. The van der Waals surface area contributed by atoms with Gasteiger partial charge in [0.05, 0.1) is 0 Å². The highest BCUT2D eigenvalue weighted by molar-refractivity contribution is 6.07. The number of benzene rings is 3. The molecule has 3 heteroatoms. The van der Waals surface area contributed by atoms with Crippen molar-refractivity contribution in [2.45, 2.75) is 20.4 Å². The van der Waals surface area contributed by atoms with Gasteiger partial charge in [-0.1, -0.05) is 36.4 Å². The Bertz CT molecular complexity index is 1140. The summed E-state index contributed by atoms with van der Waals surface area (Å²) in [5, 5.41) is 6.66. The average molecular weight is 329 g/mol. The molecule has 4 rings (SSSR count). The van der Waals surface area contributed by atoms with E-state index in [9.17, 15) is 4.79 Å². The van der Waals surface area contributed by atoms with Crippen LogP contribution in [0.2, 0.25) is 0 Å². The zero-order valence-corrected chi connectivity index (χ0v) is 14.3. The first-order valence-corrected chi connectivity index (χ1v) is 8.37. The van der Waals surface area contributed by atoms with E-state index in [1.165, 1.54) is 11.1 Å². The fourth-order valence-corrected chi connectivity index (χ4v) is 3.21. The molecule has 1 aromatic heterocycles. The van der Waals surface area contributed by atoms with Crippen molar-refractivity contribution in [1.29, 1.82) is 0 Å². The van der Waals surface area contributed by atoms with Gasteiger partial charge in [0.1, 0.15) is 5.58 Å². The maximum Gasteiger partial charge on any atom is 0.336 e. The molecule has 0 bridgehead atoms. The van der Waals surface area contributed by atoms with E-state index in [1.807, 2.05) is 24.3 Å². The number of hydrogen-bond donors (Lipinski definition) is 1. The Labute approximate surface area is 145 Å². The number of anilines is 1. The zero-order chi connectivity index (χ0) is 17.4. The summed E-state index contributed by atoms with van der Waals surface area (Å²) in [6.07, 6.45) is 0. The minimum absolute atomic E-state index is 0.320. The van der Waals surface area contributed by atoms with Gasteiger partial charge in [0.2, 0.25) is 0 Å². The van der Waals surface area contributed by atoms with Crippen LogP contribution < -0.4 is 10.9 Å². The lowest BCUT2D eigenvalue weighted by atomic mass is 10.0. The molecule has 0 aliphatic carbocycles. The van der Waals surface area contributed by atoms with E-state index in [-0.39, 0.29) is 5.63 Å². The van der Waals surface area contributed by atoms with Crippen LogP contribution in [0.4, 0.5) is 5.69 Å². The Hall–Kier alpha value is -3.07. The van der Waals surface area contributed by atoms with Gasteiger partial charge in [0, 0.05) is 23.7 Å². The molecule has 0 radical (unpaired) electrons. The Morgan fingerprint density at radius 3 is 2.60 bits per heavy atom. The first-order chi connectivity index (χ1) is 12.1. The second kappa shape index (κ2) is 6.10. The Morgan fingerprint density at radius 2 is 1.76 bits per heavy atom. The molecule has 124 valence electrons. The Balaban J connectivity index is 1.81. The fourth-order valence-electron chi connectivity index (χ4n) is 3.21. The van der Waals surface area contributed by atoms with Gasteiger partial charge in [-0.2, -0.15) is 0 Å². The quantitative estimate of drug-likeness (QED) is 0.416. The summed E-state index contributed by atoms with van der Waals surface area (Å²) in [7, 11) is 0. The third-order valence-corrected chi connectivity index (χ3v) is 4.70. The van der Waals surface area contributed by atoms with Crippen molar-refractivity contribution in [3.8, 4) is 0 Å². The van der Waals surface area contributed by atoms with Crippen LogP contribution in [-0.4, -0.2) is 0 Å². The van der Waals surface area contributed by atoms with Crippen LogP contribution in [-0.2, 0) is 6.54 Å². The van der Waals surface area contributed by atoms with Crippen LogP contribution in [0.5, 0.6) is 0 Å². The second-order valence-corrected chi connectivity index (χ2v) is 6.40. The lowest BCUT2D eigenvalue weighted by Crippen LogP contribution is -2.06. The molecule has 0 amide bonds. The lowest BCUT2D eigenvalue weighted by Gasteiger charge is -2.12. The van der Waals surface area contributed by atoms with E-state index in [1.54, 1.807) is 6.07 Å². The molecule has 1 N–H and O–H groups in total. The van der Waals surface area contributed by atoms with Gasteiger partial charge in [0.25, 0.3) is 0 Å². The summed E-state index contributed by atoms with van der Waals surface area (Å²) in [6.45, 7) is 4.76. The number of fused-ring (bicyclic) bond motifs is 3. The van der Waals surface area contributed by atoms with E-state index < -0.39 is 0 Å². The maximum absolute atomic E-state index is 12.0. The lowest BCUT2D eigenvalue weighted by molar-refractivity contribution is 0.559. The summed E-state index contributed by atoms with van der Waals surface area (Å²) < 4.78 is 5.41. The Kier molecular flexibility index (Phi) is 3.77. The van der Waals surface area contributed by atoms with E-state index in [0.717, 1.165) is 27.4 Å². The zero-order valence-electron chi connectivity index (χ0n) is 14.3.